The van der Waals surface area contributed by atoms with E-state index in [0.29, 0.717) is 0 Å². The molecule has 1 N–H and O–H groups in total. The summed E-state index contributed by atoms with van der Waals surface area (Å²) < 4.78 is 0. The third-order valence-electron chi connectivity index (χ3n) is 3.25. The van der Waals surface area contributed by atoms with Gasteiger partial charge < -0.3 is 5.32 Å². The number of aliphatic imine (C=N–C) groups is 1. The van der Waals surface area contributed by atoms with Gasteiger partial charge in [0.15, 0.2) is 0 Å². The molecule has 0 bridgehead atoms. The first-order valence-corrected chi connectivity index (χ1v) is 7.00. The fraction of sp³-hybridized carbons (Fsp3) is 0.909. The van der Waals surface area contributed by atoms with E-state index in [1.165, 1.54) is 44.4 Å². The van der Waals surface area contributed by atoms with Gasteiger partial charge in [-0.15, -0.1) is 0 Å². The summed E-state index contributed by atoms with van der Waals surface area (Å²) in [4.78, 5) is 4.47. The van der Waals surface area contributed by atoms with Crippen LogP contribution in [0.2, 0.25) is 0 Å². The smallest absolute Gasteiger partial charge is 0.0965 e. The van der Waals surface area contributed by atoms with Crippen LogP contribution in [0.4, 0.5) is 0 Å². The lowest BCUT2D eigenvalue weighted by Gasteiger charge is -2.28. The Kier molecular flexibility index (Phi) is 3.74. The van der Waals surface area contributed by atoms with Crippen LogP contribution in [0.5, 0.6) is 0 Å². The summed E-state index contributed by atoms with van der Waals surface area (Å²) in [5, 5.41) is 4.52. The van der Waals surface area contributed by atoms with E-state index in [1.54, 1.807) is 0 Å². The molecule has 0 radical (unpaired) electrons. The molecule has 1 aliphatic heterocycles. The summed E-state index contributed by atoms with van der Waals surface area (Å²) >= 11 is 2.03. The fourth-order valence-electron chi connectivity index (χ4n) is 2.34. The summed E-state index contributed by atoms with van der Waals surface area (Å²) in [6.07, 6.45) is 10.1. The van der Waals surface area contributed by atoms with E-state index >= 15 is 0 Å². The third kappa shape index (κ3) is 2.66. The van der Waals surface area contributed by atoms with Crippen LogP contribution in [0.25, 0.3) is 0 Å². The lowest BCUT2D eigenvalue weighted by Crippen LogP contribution is -2.37. The second kappa shape index (κ2) is 5.06. The number of thioether (sulfide) groups is 1. The highest BCUT2D eigenvalue weighted by Gasteiger charge is 2.21. The number of nitrogens with one attached hydrogen (secondary N) is 1. The van der Waals surface area contributed by atoms with Gasteiger partial charge in [0.2, 0.25) is 0 Å². The lowest BCUT2D eigenvalue weighted by atomic mass is 9.95. The molecule has 0 aromatic heterocycles. The molecule has 0 saturated heterocycles. The maximum atomic E-state index is 4.47. The fourth-order valence-corrected chi connectivity index (χ4v) is 3.08. The van der Waals surface area contributed by atoms with Gasteiger partial charge in [0.25, 0.3) is 0 Å². The molecule has 1 aliphatic carbocycles. The summed E-state index contributed by atoms with van der Waals surface area (Å²) in [5.41, 5.74) is 0. The summed E-state index contributed by atoms with van der Waals surface area (Å²) in [6, 6.07) is 0.718. The number of hydrogen-bond donors (Lipinski definition) is 1. The minimum absolute atomic E-state index is 0.718. The van der Waals surface area contributed by atoms with Crippen LogP contribution in [0, 0.1) is 0 Å². The van der Waals surface area contributed by atoms with Gasteiger partial charge in [-0.3, -0.25) is 4.99 Å². The zero-order valence-electron chi connectivity index (χ0n) is 8.96. The van der Waals surface area contributed by atoms with Crippen molar-refractivity contribution in [1.29, 1.82) is 0 Å². The molecule has 1 fully saturated rings. The molecule has 0 aromatic rings. The van der Waals surface area contributed by atoms with Crippen LogP contribution in [0.1, 0.15) is 38.5 Å². The molecule has 1 saturated carbocycles. The van der Waals surface area contributed by atoms with Gasteiger partial charge >= 0.3 is 0 Å². The van der Waals surface area contributed by atoms with E-state index in [-0.39, 0.29) is 0 Å². The van der Waals surface area contributed by atoms with Crippen molar-refractivity contribution >= 4 is 17.6 Å². The Bertz CT molecular complexity index is 207. The second-order valence-electron chi connectivity index (χ2n) is 4.29. The van der Waals surface area contributed by atoms with Crippen LogP contribution in [0.15, 0.2) is 4.99 Å². The van der Waals surface area contributed by atoms with Gasteiger partial charge in [-0.2, -0.15) is 11.8 Å². The zero-order valence-corrected chi connectivity index (χ0v) is 9.78. The zero-order chi connectivity index (χ0) is 9.80. The molecule has 2 nitrogen and oxygen atoms in total. The van der Waals surface area contributed by atoms with Crippen molar-refractivity contribution in [2.45, 2.75) is 49.8 Å². The Morgan fingerprint density at radius 2 is 2.07 bits per heavy atom. The van der Waals surface area contributed by atoms with Gasteiger partial charge in [-0.1, -0.05) is 0 Å². The molecule has 2 aliphatic rings. The largest absolute Gasteiger partial charge is 0.371 e. The Balaban J connectivity index is 1.72. The van der Waals surface area contributed by atoms with E-state index in [2.05, 4.69) is 16.6 Å². The van der Waals surface area contributed by atoms with Gasteiger partial charge in [-0.25, -0.2) is 0 Å². The maximum absolute atomic E-state index is 4.47. The SMILES string of the molecule is CSC1CCC(NC2=NCCC2)CC1. The van der Waals surface area contributed by atoms with E-state index in [9.17, 15) is 0 Å². The van der Waals surface area contributed by atoms with Gasteiger partial charge in [0.1, 0.15) is 0 Å². The van der Waals surface area contributed by atoms with E-state index in [1.807, 2.05) is 11.8 Å². The molecule has 0 amide bonds. The summed E-state index contributed by atoms with van der Waals surface area (Å²) in [5.74, 6) is 1.28. The standard InChI is InChI=1S/C11H20N2S/c1-14-10-6-4-9(5-7-10)13-11-3-2-8-12-11/h9-10H,2-8H2,1H3,(H,12,13). The first-order valence-electron chi connectivity index (χ1n) is 5.71. The molecule has 0 aromatic carbocycles. The molecule has 0 spiro atoms. The number of nitrogens with zero attached hydrogens (tertiary/aromatic N) is 1. The van der Waals surface area contributed by atoms with Crippen molar-refractivity contribution in [1.82, 2.24) is 5.32 Å². The van der Waals surface area contributed by atoms with E-state index in [4.69, 9.17) is 0 Å². The van der Waals surface area contributed by atoms with Crippen LogP contribution < -0.4 is 5.32 Å². The quantitative estimate of drug-likeness (QED) is 0.760. The molecule has 3 heteroatoms. The van der Waals surface area contributed by atoms with Crippen molar-refractivity contribution < 1.29 is 0 Å². The molecule has 14 heavy (non-hydrogen) atoms. The van der Waals surface area contributed by atoms with Crippen molar-refractivity contribution in [2.24, 2.45) is 4.99 Å². The number of amidine groups is 1. The van der Waals surface area contributed by atoms with Crippen LogP contribution in [-0.2, 0) is 0 Å². The number of hydrogen-bond acceptors (Lipinski definition) is 3. The highest BCUT2D eigenvalue weighted by atomic mass is 32.2. The average molecular weight is 212 g/mol. The van der Waals surface area contributed by atoms with Gasteiger partial charge in [0, 0.05) is 24.3 Å². The Morgan fingerprint density at radius 3 is 2.64 bits per heavy atom. The Labute approximate surface area is 90.9 Å². The molecule has 0 unspecified atom stereocenters. The van der Waals surface area contributed by atoms with Crippen molar-refractivity contribution in [3.05, 3.63) is 0 Å². The maximum Gasteiger partial charge on any atom is 0.0965 e. The van der Waals surface area contributed by atoms with E-state index in [0.717, 1.165) is 17.8 Å². The van der Waals surface area contributed by atoms with Crippen LogP contribution >= 0.6 is 11.8 Å². The molecule has 2 rings (SSSR count). The highest BCUT2D eigenvalue weighted by molar-refractivity contribution is 7.99. The Hall–Kier alpha value is -0.180. The third-order valence-corrected chi connectivity index (χ3v) is 4.39. The molecule has 80 valence electrons. The van der Waals surface area contributed by atoms with Crippen LogP contribution in [-0.4, -0.2) is 29.9 Å². The second-order valence-corrected chi connectivity index (χ2v) is 5.42. The molecular weight excluding hydrogens is 192 g/mol. The molecule has 1 heterocycles. The topological polar surface area (TPSA) is 24.4 Å². The van der Waals surface area contributed by atoms with Gasteiger partial charge in [0.05, 0.1) is 5.84 Å². The number of rotatable bonds is 2. The van der Waals surface area contributed by atoms with Crippen molar-refractivity contribution in [3.63, 3.8) is 0 Å². The summed E-state index contributed by atoms with van der Waals surface area (Å²) in [7, 11) is 0. The summed E-state index contributed by atoms with van der Waals surface area (Å²) in [6.45, 7) is 1.04. The first kappa shape index (κ1) is 10.3. The predicted octanol–water partition coefficient (Wildman–Crippen LogP) is 2.44. The van der Waals surface area contributed by atoms with Crippen molar-refractivity contribution in [3.8, 4) is 0 Å². The average Bonchev–Trinajstić information content (AvgIpc) is 2.72. The highest BCUT2D eigenvalue weighted by Crippen LogP contribution is 2.27. The minimum atomic E-state index is 0.718. The van der Waals surface area contributed by atoms with Crippen molar-refractivity contribution in [2.75, 3.05) is 12.8 Å². The van der Waals surface area contributed by atoms with Crippen LogP contribution in [0.3, 0.4) is 0 Å². The predicted molar refractivity (Wildman–Crippen MR) is 64.2 cm³/mol. The molecular formula is C11H20N2S. The lowest BCUT2D eigenvalue weighted by molar-refractivity contribution is 0.421. The first-order chi connectivity index (χ1) is 6.88. The Morgan fingerprint density at radius 1 is 1.29 bits per heavy atom. The molecule has 0 atom stereocenters. The van der Waals surface area contributed by atoms with Gasteiger partial charge in [-0.05, 0) is 38.4 Å². The minimum Gasteiger partial charge on any atom is -0.371 e. The monoisotopic (exact) mass is 212 g/mol. The normalized spacial score (nSPS) is 32.8. The van der Waals surface area contributed by atoms with E-state index < -0.39 is 0 Å².